The molecule has 5 heteroatoms. The number of hydrogen-bond donors (Lipinski definition) is 0. The average molecular weight is 1250 g/mol. The number of para-hydroxylation sites is 3. The second kappa shape index (κ2) is 20.9. The van der Waals surface area contributed by atoms with Crippen LogP contribution in [0.15, 0.2) is 261 Å². The Morgan fingerprint density at radius 3 is 1.02 bits per heavy atom. The van der Waals surface area contributed by atoms with E-state index >= 15 is 0 Å². The van der Waals surface area contributed by atoms with Gasteiger partial charge in [-0.3, -0.25) is 0 Å². The average Bonchev–Trinajstić information content (AvgIpc) is 1.29. The van der Waals surface area contributed by atoms with E-state index in [4.69, 9.17) is 0 Å². The summed E-state index contributed by atoms with van der Waals surface area (Å²) >= 11 is 0. The Labute approximate surface area is 569 Å². The van der Waals surface area contributed by atoms with Crippen LogP contribution < -0.4 is 26.2 Å². The minimum absolute atomic E-state index is 0.138. The summed E-state index contributed by atoms with van der Waals surface area (Å²) in [5, 5.41) is 14.8. The normalized spacial score (nSPS) is 13.5. The van der Waals surface area contributed by atoms with Crippen LogP contribution in [0.2, 0.25) is 0 Å². The molecule has 0 amide bonds. The van der Waals surface area contributed by atoms with Crippen molar-refractivity contribution in [2.75, 3.05) is 9.80 Å². The van der Waals surface area contributed by atoms with E-state index in [1.807, 2.05) is 0 Å². The number of hydrogen-bond acceptors (Lipinski definition) is 2. The molecule has 0 fully saturated rings. The largest absolute Gasteiger partial charge is 0.311 e. The van der Waals surface area contributed by atoms with Gasteiger partial charge in [0, 0.05) is 67.0 Å². The van der Waals surface area contributed by atoms with E-state index in [2.05, 4.69) is 363 Å². The summed E-state index contributed by atoms with van der Waals surface area (Å²) in [7, 11) is 0. The molecule has 0 unspecified atom stereocenters. The monoisotopic (exact) mass is 1250 g/mol. The molecule has 0 spiro atoms. The fraction of sp³-hybridized carbons (Fsp3) is 0.174. The number of aromatic nitrogens is 2. The van der Waals surface area contributed by atoms with Crippen molar-refractivity contribution in [2.45, 2.75) is 105 Å². The quantitative estimate of drug-likeness (QED) is 0.126. The first-order valence-corrected chi connectivity index (χ1v) is 34.7. The molecule has 470 valence electrons. The zero-order valence-corrected chi connectivity index (χ0v) is 57.7. The maximum absolute atomic E-state index is 2.69. The zero-order valence-electron chi connectivity index (χ0n) is 57.7. The lowest BCUT2D eigenvalue weighted by atomic mass is 9.33. The minimum Gasteiger partial charge on any atom is -0.311 e. The predicted octanol–water partition coefficient (Wildman–Crippen LogP) is 23.4. The van der Waals surface area contributed by atoms with Gasteiger partial charge in [0.2, 0.25) is 0 Å². The highest BCUT2D eigenvalue weighted by Crippen LogP contribution is 2.51. The molecule has 4 heterocycles. The Kier molecular flexibility index (Phi) is 12.7. The third kappa shape index (κ3) is 9.39. The Bertz CT molecular complexity index is 5700. The Hall–Kier alpha value is -10.6. The molecule has 14 aromatic carbocycles. The van der Waals surface area contributed by atoms with Gasteiger partial charge in [-0.25, -0.2) is 0 Å². The number of rotatable bonds is 5. The lowest BCUT2D eigenvalue weighted by Crippen LogP contribution is -2.61. The molecular weight excluding hydrogens is 1170 g/mol. The first kappa shape index (κ1) is 58.9. The van der Waals surface area contributed by atoms with Crippen LogP contribution in [0.5, 0.6) is 0 Å². The van der Waals surface area contributed by atoms with Gasteiger partial charge >= 0.3 is 0 Å². The van der Waals surface area contributed by atoms with Crippen LogP contribution in [0.3, 0.4) is 0 Å². The summed E-state index contributed by atoms with van der Waals surface area (Å²) in [6.07, 6.45) is 0. The highest BCUT2D eigenvalue weighted by atomic mass is 15.2. The number of benzene rings is 14. The van der Waals surface area contributed by atoms with Crippen LogP contribution in [0, 0.1) is 0 Å². The second-order valence-electron chi connectivity index (χ2n) is 32.0. The maximum Gasteiger partial charge on any atom is 0.252 e. The third-order valence-electron chi connectivity index (χ3n) is 21.4. The van der Waals surface area contributed by atoms with Gasteiger partial charge in [-0.05, 0) is 236 Å². The van der Waals surface area contributed by atoms with Crippen molar-refractivity contribution < 1.29 is 0 Å². The third-order valence-corrected chi connectivity index (χ3v) is 21.4. The molecule has 18 rings (SSSR count). The predicted molar refractivity (Wildman–Crippen MR) is 419 cm³/mol. The van der Waals surface area contributed by atoms with Gasteiger partial charge in [-0.2, -0.15) is 0 Å². The standard InChI is InChI=1S/C92H79BN4/c1-89(2,3)66-48-67(90(4,5)6)51-72(50-66)96-84-44-63-39-58-27-21-19-25-56(58)37-61(63)41-78(84)93-79-42-62-38-57-26-20-22-28-59(57)40-64(62)45-85(79)97(73-52-68(91(7,8)9)49-69(53-73)92(10,11)12)87-47-65(46-86(96)88(87)93)60-35-36-75-77-55-82-76(54-83(77)95(81(75)43-60)71-31-17-14-18-32-71)74-33-23-24-34-80(74)94(82)70-29-15-13-16-30-70/h13-55H,1-12H3. The summed E-state index contributed by atoms with van der Waals surface area (Å²) < 4.78 is 4.97. The molecule has 0 saturated heterocycles. The van der Waals surface area contributed by atoms with Gasteiger partial charge in [0.1, 0.15) is 0 Å². The Morgan fingerprint density at radius 2 is 0.598 bits per heavy atom. The molecule has 2 aliphatic rings. The first-order chi connectivity index (χ1) is 46.6. The van der Waals surface area contributed by atoms with Crippen molar-refractivity contribution in [3.63, 3.8) is 0 Å². The fourth-order valence-corrected chi connectivity index (χ4v) is 16.2. The smallest absolute Gasteiger partial charge is 0.252 e. The molecule has 0 N–H and O–H groups in total. The van der Waals surface area contributed by atoms with E-state index in [1.165, 1.54) is 154 Å². The fourth-order valence-electron chi connectivity index (χ4n) is 16.2. The first-order valence-electron chi connectivity index (χ1n) is 34.7. The lowest BCUT2D eigenvalue weighted by Gasteiger charge is -2.45. The van der Waals surface area contributed by atoms with Crippen LogP contribution in [-0.2, 0) is 21.7 Å². The number of anilines is 6. The van der Waals surface area contributed by atoms with E-state index in [0.717, 1.165) is 28.0 Å². The van der Waals surface area contributed by atoms with E-state index in [0.29, 0.717) is 0 Å². The van der Waals surface area contributed by atoms with Crippen molar-refractivity contribution >= 4 is 144 Å². The van der Waals surface area contributed by atoms with Gasteiger partial charge in [0.15, 0.2) is 0 Å². The molecule has 0 atom stereocenters. The molecule has 0 radical (unpaired) electrons. The Balaban J connectivity index is 0.992. The zero-order chi connectivity index (χ0) is 66.3. The van der Waals surface area contributed by atoms with Gasteiger partial charge in [0.25, 0.3) is 6.71 Å². The lowest BCUT2D eigenvalue weighted by molar-refractivity contribution is 0.568. The van der Waals surface area contributed by atoms with Gasteiger partial charge in [0.05, 0.1) is 22.1 Å². The molecular formula is C92H79BN4. The summed E-state index contributed by atoms with van der Waals surface area (Å²) in [5.41, 5.74) is 25.0. The minimum atomic E-state index is -0.144. The van der Waals surface area contributed by atoms with E-state index in [1.54, 1.807) is 0 Å². The molecule has 2 aliphatic heterocycles. The van der Waals surface area contributed by atoms with Crippen molar-refractivity contribution in [1.29, 1.82) is 0 Å². The van der Waals surface area contributed by atoms with E-state index in [-0.39, 0.29) is 28.4 Å². The van der Waals surface area contributed by atoms with Gasteiger partial charge in [-0.1, -0.05) is 223 Å². The molecule has 0 bridgehead atoms. The molecule has 4 nitrogen and oxygen atoms in total. The maximum atomic E-state index is 2.69. The van der Waals surface area contributed by atoms with Crippen molar-refractivity contribution in [3.8, 4) is 22.5 Å². The van der Waals surface area contributed by atoms with E-state index in [9.17, 15) is 0 Å². The van der Waals surface area contributed by atoms with Crippen LogP contribution in [0.1, 0.15) is 105 Å². The van der Waals surface area contributed by atoms with E-state index < -0.39 is 0 Å². The number of fused-ring (bicyclic) bond motifs is 14. The van der Waals surface area contributed by atoms with Gasteiger partial charge in [-0.15, -0.1) is 0 Å². The molecule has 97 heavy (non-hydrogen) atoms. The molecule has 16 aromatic rings. The SMILES string of the molecule is CC(C)(C)c1cc(N2c3cc4cc5ccccc5cc4cc3B3c4cc5cc6ccccc6cc5cc4N(c4cc(C(C)(C)C)cc(C(C)(C)C)c4)c4cc(-c5ccc6c7cc8c(cc7n(-c7ccccc7)c6c5)c5ccccc5n8-c5ccccc5)cc2c43)cc(C(C)(C)C)c1. The molecule has 0 saturated carbocycles. The van der Waals surface area contributed by atoms with Gasteiger partial charge < -0.3 is 18.9 Å². The summed E-state index contributed by atoms with van der Waals surface area (Å²) in [6.45, 7) is 28.3. The summed E-state index contributed by atoms with van der Waals surface area (Å²) in [4.78, 5) is 5.38. The van der Waals surface area contributed by atoms with Crippen molar-refractivity contribution in [3.05, 3.63) is 283 Å². The summed E-state index contributed by atoms with van der Waals surface area (Å²) in [6, 6.07) is 101. The summed E-state index contributed by atoms with van der Waals surface area (Å²) in [5.74, 6) is 0. The highest BCUT2D eigenvalue weighted by molar-refractivity contribution is 7.00. The topological polar surface area (TPSA) is 16.3 Å². The van der Waals surface area contributed by atoms with Crippen LogP contribution in [0.4, 0.5) is 34.1 Å². The van der Waals surface area contributed by atoms with Crippen molar-refractivity contribution in [1.82, 2.24) is 9.13 Å². The van der Waals surface area contributed by atoms with Crippen molar-refractivity contribution in [2.24, 2.45) is 0 Å². The Morgan fingerprint density at radius 1 is 0.237 bits per heavy atom. The highest BCUT2D eigenvalue weighted by Gasteiger charge is 2.45. The number of nitrogens with zero attached hydrogens (tertiary/aromatic N) is 4. The van der Waals surface area contributed by atoms with Crippen LogP contribution >= 0.6 is 0 Å². The van der Waals surface area contributed by atoms with Crippen LogP contribution in [0.25, 0.3) is 109 Å². The second-order valence-corrected chi connectivity index (χ2v) is 32.0. The van der Waals surface area contributed by atoms with Crippen LogP contribution in [-0.4, -0.2) is 15.8 Å². The molecule has 2 aromatic heterocycles. The molecule has 0 aliphatic carbocycles.